The molecule has 2 heterocycles. The highest BCUT2D eigenvalue weighted by molar-refractivity contribution is 5.09. The normalized spacial score (nSPS) is 27.5. The smallest absolute Gasteiger partial charge is 0.109 e. The van der Waals surface area contributed by atoms with Gasteiger partial charge in [-0.25, -0.2) is 0 Å². The van der Waals surface area contributed by atoms with Crippen molar-refractivity contribution in [2.24, 2.45) is 5.92 Å². The van der Waals surface area contributed by atoms with Gasteiger partial charge >= 0.3 is 0 Å². The van der Waals surface area contributed by atoms with Crippen molar-refractivity contribution in [1.29, 1.82) is 0 Å². The van der Waals surface area contributed by atoms with Crippen LogP contribution in [0.25, 0.3) is 0 Å². The van der Waals surface area contributed by atoms with Crippen molar-refractivity contribution >= 4 is 0 Å². The summed E-state index contributed by atoms with van der Waals surface area (Å²) in [6.45, 7) is 5.89. The Balaban J connectivity index is 1.94. The summed E-state index contributed by atoms with van der Waals surface area (Å²) in [7, 11) is 0. The molecule has 0 aromatic carbocycles. The Bertz CT molecular complexity index is 222. The molecule has 2 unspecified atom stereocenters. The van der Waals surface area contributed by atoms with Crippen LogP contribution in [0.15, 0.2) is 11.8 Å². The molecule has 2 aliphatic heterocycles. The molecule has 1 fully saturated rings. The molecule has 2 rings (SSSR count). The quantitative estimate of drug-likeness (QED) is 0.750. The summed E-state index contributed by atoms with van der Waals surface area (Å²) in [5, 5.41) is 3.58. The van der Waals surface area contributed by atoms with Crippen molar-refractivity contribution < 1.29 is 9.47 Å². The molecule has 0 bridgehead atoms. The molecule has 0 aromatic rings. The molecule has 15 heavy (non-hydrogen) atoms. The fourth-order valence-corrected chi connectivity index (χ4v) is 2.27. The van der Waals surface area contributed by atoms with Crippen LogP contribution in [0.4, 0.5) is 0 Å². The Morgan fingerprint density at radius 2 is 2.47 bits per heavy atom. The highest BCUT2D eigenvalue weighted by atomic mass is 16.5. The molecular weight excluding hydrogens is 190 g/mol. The third kappa shape index (κ3) is 2.73. The minimum Gasteiger partial charge on any atom is -0.496 e. The fraction of sp³-hybridized carbons (Fsp3) is 0.833. The molecule has 86 valence electrons. The van der Waals surface area contributed by atoms with Crippen molar-refractivity contribution in [3.05, 3.63) is 11.8 Å². The number of hydrogen-bond donors (Lipinski definition) is 1. The number of nitrogens with one attached hydrogen (secondary N) is 1. The molecule has 3 nitrogen and oxygen atoms in total. The molecule has 0 saturated carbocycles. The van der Waals surface area contributed by atoms with Crippen LogP contribution in [-0.4, -0.2) is 32.4 Å². The number of ether oxygens (including phenoxy) is 2. The first-order chi connectivity index (χ1) is 7.42. The van der Waals surface area contributed by atoms with Crippen LogP contribution in [0.2, 0.25) is 0 Å². The van der Waals surface area contributed by atoms with E-state index < -0.39 is 0 Å². The lowest BCUT2D eigenvalue weighted by molar-refractivity contribution is 0.159. The molecule has 0 amide bonds. The summed E-state index contributed by atoms with van der Waals surface area (Å²) in [4.78, 5) is 0. The topological polar surface area (TPSA) is 30.5 Å². The predicted molar refractivity (Wildman–Crippen MR) is 59.7 cm³/mol. The molecular formula is C12H21NO2. The summed E-state index contributed by atoms with van der Waals surface area (Å²) in [6.07, 6.45) is 5.61. The van der Waals surface area contributed by atoms with Crippen LogP contribution in [-0.2, 0) is 9.47 Å². The Labute approximate surface area is 91.8 Å². The van der Waals surface area contributed by atoms with Gasteiger partial charge in [-0.1, -0.05) is 6.92 Å². The maximum absolute atomic E-state index is 5.67. The van der Waals surface area contributed by atoms with Gasteiger partial charge in [-0.2, -0.15) is 0 Å². The van der Waals surface area contributed by atoms with Gasteiger partial charge in [0.2, 0.25) is 0 Å². The monoisotopic (exact) mass is 211 g/mol. The number of hydrogen-bond acceptors (Lipinski definition) is 3. The summed E-state index contributed by atoms with van der Waals surface area (Å²) in [5.74, 6) is 1.75. The second-order valence-electron chi connectivity index (χ2n) is 4.30. The first kappa shape index (κ1) is 11.0. The molecule has 3 heteroatoms. The second kappa shape index (κ2) is 5.52. The van der Waals surface area contributed by atoms with Gasteiger partial charge in [0.1, 0.15) is 5.76 Å². The Morgan fingerprint density at radius 1 is 1.53 bits per heavy atom. The summed E-state index contributed by atoms with van der Waals surface area (Å²) in [5.41, 5.74) is 0. The molecule has 0 radical (unpaired) electrons. The lowest BCUT2D eigenvalue weighted by Crippen LogP contribution is -2.39. The third-order valence-corrected chi connectivity index (χ3v) is 3.09. The Morgan fingerprint density at radius 3 is 3.07 bits per heavy atom. The summed E-state index contributed by atoms with van der Waals surface area (Å²) in [6, 6.07) is 0.384. The van der Waals surface area contributed by atoms with E-state index in [4.69, 9.17) is 9.47 Å². The van der Waals surface area contributed by atoms with Crippen molar-refractivity contribution in [1.82, 2.24) is 5.32 Å². The van der Waals surface area contributed by atoms with Crippen molar-refractivity contribution in [2.45, 2.75) is 32.2 Å². The van der Waals surface area contributed by atoms with Gasteiger partial charge in [-0.15, -0.1) is 0 Å². The first-order valence-electron chi connectivity index (χ1n) is 6.05. The van der Waals surface area contributed by atoms with E-state index in [1.165, 1.54) is 0 Å². The van der Waals surface area contributed by atoms with Gasteiger partial charge in [0.05, 0.1) is 19.3 Å². The minimum atomic E-state index is 0.384. The van der Waals surface area contributed by atoms with E-state index in [9.17, 15) is 0 Å². The molecule has 0 spiro atoms. The standard InChI is InChI=1S/C12H21NO2/c1-2-6-13-12(10-5-8-14-9-10)11-4-3-7-15-11/h4,10,12-13H,2-3,5-9H2,1H3. The molecule has 2 atom stereocenters. The van der Waals surface area contributed by atoms with Gasteiger partial charge in [0.15, 0.2) is 0 Å². The average molecular weight is 211 g/mol. The summed E-state index contributed by atoms with van der Waals surface area (Å²) >= 11 is 0. The van der Waals surface area contributed by atoms with Gasteiger partial charge in [-0.3, -0.25) is 0 Å². The van der Waals surface area contributed by atoms with Gasteiger partial charge in [0, 0.05) is 18.9 Å². The van der Waals surface area contributed by atoms with Gasteiger partial charge < -0.3 is 14.8 Å². The van der Waals surface area contributed by atoms with E-state index in [1.54, 1.807) is 0 Å². The zero-order chi connectivity index (χ0) is 10.5. The van der Waals surface area contributed by atoms with Crippen molar-refractivity contribution in [3.8, 4) is 0 Å². The molecule has 0 aromatic heterocycles. The zero-order valence-corrected chi connectivity index (χ0v) is 9.50. The van der Waals surface area contributed by atoms with Crippen molar-refractivity contribution in [3.63, 3.8) is 0 Å². The molecule has 1 saturated heterocycles. The lowest BCUT2D eigenvalue weighted by Gasteiger charge is -2.24. The lowest BCUT2D eigenvalue weighted by atomic mass is 9.97. The van der Waals surface area contributed by atoms with E-state index >= 15 is 0 Å². The van der Waals surface area contributed by atoms with E-state index in [0.29, 0.717) is 12.0 Å². The highest BCUT2D eigenvalue weighted by Gasteiger charge is 2.30. The predicted octanol–water partition coefficient (Wildman–Crippen LogP) is 1.70. The zero-order valence-electron chi connectivity index (χ0n) is 9.50. The van der Waals surface area contributed by atoms with Crippen LogP contribution in [0, 0.1) is 5.92 Å². The van der Waals surface area contributed by atoms with Crippen LogP contribution < -0.4 is 5.32 Å². The Hall–Kier alpha value is -0.540. The highest BCUT2D eigenvalue weighted by Crippen LogP contribution is 2.25. The maximum atomic E-state index is 5.67. The largest absolute Gasteiger partial charge is 0.496 e. The van der Waals surface area contributed by atoms with Gasteiger partial charge in [-0.05, 0) is 25.5 Å². The maximum Gasteiger partial charge on any atom is 0.109 e. The molecule has 1 N–H and O–H groups in total. The summed E-state index contributed by atoms with van der Waals surface area (Å²) < 4.78 is 11.1. The van der Waals surface area contributed by atoms with E-state index in [2.05, 4.69) is 18.3 Å². The first-order valence-corrected chi connectivity index (χ1v) is 6.05. The third-order valence-electron chi connectivity index (χ3n) is 3.09. The fourth-order valence-electron chi connectivity index (χ4n) is 2.27. The van der Waals surface area contributed by atoms with Crippen LogP contribution in [0.5, 0.6) is 0 Å². The number of rotatable bonds is 5. The van der Waals surface area contributed by atoms with E-state index in [-0.39, 0.29) is 0 Å². The van der Waals surface area contributed by atoms with E-state index in [1.807, 2.05) is 0 Å². The van der Waals surface area contributed by atoms with Crippen LogP contribution >= 0.6 is 0 Å². The SMILES string of the molecule is CCCNC(C1=CCCO1)C1CCOC1. The molecule has 2 aliphatic rings. The second-order valence-corrected chi connectivity index (χ2v) is 4.30. The van der Waals surface area contributed by atoms with Crippen molar-refractivity contribution in [2.75, 3.05) is 26.4 Å². The average Bonchev–Trinajstić information content (AvgIpc) is 2.90. The van der Waals surface area contributed by atoms with Crippen LogP contribution in [0.3, 0.4) is 0 Å². The van der Waals surface area contributed by atoms with Crippen LogP contribution in [0.1, 0.15) is 26.2 Å². The molecule has 0 aliphatic carbocycles. The Kier molecular flexibility index (Phi) is 4.03. The van der Waals surface area contributed by atoms with Gasteiger partial charge in [0.25, 0.3) is 0 Å². The minimum absolute atomic E-state index is 0.384. The van der Waals surface area contributed by atoms with E-state index in [0.717, 1.165) is 51.4 Å².